The van der Waals surface area contributed by atoms with E-state index in [1.807, 2.05) is 13.8 Å². The van der Waals surface area contributed by atoms with Crippen molar-refractivity contribution >= 4 is 21.9 Å². The third-order valence-electron chi connectivity index (χ3n) is 2.21. The lowest BCUT2D eigenvalue weighted by Crippen LogP contribution is -2.35. The molecule has 0 bridgehead atoms. The van der Waals surface area contributed by atoms with Gasteiger partial charge in [-0.1, -0.05) is 22.0 Å². The zero-order chi connectivity index (χ0) is 13.0. The first kappa shape index (κ1) is 14.1. The molecule has 1 rings (SSSR count). The van der Waals surface area contributed by atoms with Crippen LogP contribution in [-0.4, -0.2) is 19.1 Å². The van der Waals surface area contributed by atoms with Gasteiger partial charge in [0, 0.05) is 16.1 Å². The Balaban J connectivity index is 3.08. The van der Waals surface area contributed by atoms with Crippen LogP contribution in [0, 0.1) is 5.82 Å². The van der Waals surface area contributed by atoms with Gasteiger partial charge in [0.1, 0.15) is 11.9 Å². The number of rotatable bonds is 4. The smallest absolute Gasteiger partial charge is 0.327 e. The Bertz CT molecular complexity index is 409. The fourth-order valence-corrected chi connectivity index (χ4v) is 1.80. The fourth-order valence-electron chi connectivity index (χ4n) is 1.47. The maximum absolute atomic E-state index is 13.8. The molecule has 94 valence electrons. The number of esters is 1. The molecular weight excluding hydrogens is 289 g/mol. The third kappa shape index (κ3) is 3.78. The van der Waals surface area contributed by atoms with E-state index in [1.165, 1.54) is 13.2 Å². The van der Waals surface area contributed by atoms with E-state index in [4.69, 9.17) is 0 Å². The van der Waals surface area contributed by atoms with E-state index in [-0.39, 0.29) is 11.6 Å². The minimum atomic E-state index is -0.784. The van der Waals surface area contributed by atoms with Gasteiger partial charge in [0.15, 0.2) is 0 Å². The first-order valence-electron chi connectivity index (χ1n) is 5.24. The number of hydrogen-bond donors (Lipinski definition) is 1. The maximum atomic E-state index is 13.8. The van der Waals surface area contributed by atoms with Gasteiger partial charge < -0.3 is 4.74 Å². The predicted octanol–water partition coefficient (Wildman–Crippen LogP) is 2.80. The van der Waals surface area contributed by atoms with Crippen molar-refractivity contribution in [2.24, 2.45) is 0 Å². The van der Waals surface area contributed by atoms with Crippen molar-refractivity contribution in [3.8, 4) is 0 Å². The third-order valence-corrected chi connectivity index (χ3v) is 2.70. The molecule has 0 spiro atoms. The molecular formula is C12H15BrFNO2. The number of benzene rings is 1. The van der Waals surface area contributed by atoms with Gasteiger partial charge >= 0.3 is 5.97 Å². The quantitative estimate of drug-likeness (QED) is 0.869. The molecule has 1 N–H and O–H groups in total. The van der Waals surface area contributed by atoms with Crippen LogP contribution in [0.2, 0.25) is 0 Å². The number of methoxy groups -OCH3 is 1. The summed E-state index contributed by atoms with van der Waals surface area (Å²) in [6.45, 7) is 3.76. The summed E-state index contributed by atoms with van der Waals surface area (Å²) in [6, 6.07) is 3.84. The Hall–Kier alpha value is -0.940. The predicted molar refractivity (Wildman–Crippen MR) is 67.1 cm³/mol. The number of carbonyl (C=O) groups is 1. The number of carbonyl (C=O) groups excluding carboxylic acids is 1. The Morgan fingerprint density at radius 3 is 2.59 bits per heavy atom. The summed E-state index contributed by atoms with van der Waals surface area (Å²) in [5, 5.41) is 2.98. The largest absolute Gasteiger partial charge is 0.468 e. The molecule has 0 aliphatic carbocycles. The lowest BCUT2D eigenvalue weighted by atomic mass is 10.1. The summed E-state index contributed by atoms with van der Waals surface area (Å²) in [4.78, 5) is 11.6. The summed E-state index contributed by atoms with van der Waals surface area (Å²) >= 11 is 3.17. The highest BCUT2D eigenvalue weighted by Gasteiger charge is 2.24. The Kier molecular flexibility index (Phi) is 5.08. The van der Waals surface area contributed by atoms with Crippen molar-refractivity contribution < 1.29 is 13.9 Å². The molecule has 17 heavy (non-hydrogen) atoms. The second kappa shape index (κ2) is 6.12. The van der Waals surface area contributed by atoms with E-state index in [1.54, 1.807) is 12.1 Å². The summed E-state index contributed by atoms with van der Waals surface area (Å²) < 4.78 is 19.1. The van der Waals surface area contributed by atoms with Gasteiger partial charge in [-0.3, -0.25) is 5.32 Å². The van der Waals surface area contributed by atoms with Gasteiger partial charge in [-0.2, -0.15) is 0 Å². The molecule has 0 radical (unpaired) electrons. The van der Waals surface area contributed by atoms with Crippen LogP contribution in [0.3, 0.4) is 0 Å². The van der Waals surface area contributed by atoms with E-state index in [2.05, 4.69) is 26.0 Å². The zero-order valence-electron chi connectivity index (χ0n) is 9.96. The minimum absolute atomic E-state index is 0.0437. The Morgan fingerprint density at radius 2 is 2.12 bits per heavy atom. The molecule has 1 unspecified atom stereocenters. The van der Waals surface area contributed by atoms with Crippen molar-refractivity contribution in [3.05, 3.63) is 34.1 Å². The molecule has 0 amide bonds. The highest BCUT2D eigenvalue weighted by Crippen LogP contribution is 2.22. The average molecular weight is 304 g/mol. The summed E-state index contributed by atoms with van der Waals surface area (Å²) in [5.41, 5.74) is 0.286. The van der Waals surface area contributed by atoms with Crippen molar-refractivity contribution in [1.29, 1.82) is 0 Å². The number of hydrogen-bond acceptors (Lipinski definition) is 3. The monoisotopic (exact) mass is 303 g/mol. The van der Waals surface area contributed by atoms with Gasteiger partial charge in [0.05, 0.1) is 7.11 Å². The highest BCUT2D eigenvalue weighted by atomic mass is 79.9. The molecule has 0 aromatic heterocycles. The van der Waals surface area contributed by atoms with Crippen LogP contribution < -0.4 is 5.32 Å². The second-order valence-corrected chi connectivity index (χ2v) is 4.86. The van der Waals surface area contributed by atoms with Crippen LogP contribution in [0.15, 0.2) is 22.7 Å². The Morgan fingerprint density at radius 1 is 1.47 bits per heavy atom. The molecule has 0 aliphatic rings. The summed E-state index contributed by atoms with van der Waals surface area (Å²) in [7, 11) is 1.29. The lowest BCUT2D eigenvalue weighted by Gasteiger charge is -2.19. The van der Waals surface area contributed by atoms with E-state index in [0.29, 0.717) is 4.47 Å². The van der Waals surface area contributed by atoms with Crippen molar-refractivity contribution in [1.82, 2.24) is 5.32 Å². The van der Waals surface area contributed by atoms with Gasteiger partial charge in [-0.05, 0) is 26.0 Å². The molecule has 1 atom stereocenters. The Labute approximate surface area is 108 Å². The first-order chi connectivity index (χ1) is 7.95. The normalized spacial score (nSPS) is 12.6. The van der Waals surface area contributed by atoms with E-state index >= 15 is 0 Å². The molecule has 5 heteroatoms. The van der Waals surface area contributed by atoms with Crippen molar-refractivity contribution in [2.45, 2.75) is 25.9 Å². The second-order valence-electron chi connectivity index (χ2n) is 3.94. The molecule has 0 saturated carbocycles. The van der Waals surface area contributed by atoms with Crippen LogP contribution in [0.1, 0.15) is 25.5 Å². The lowest BCUT2D eigenvalue weighted by molar-refractivity contribution is -0.143. The SMILES string of the molecule is COC(=O)C(NC(C)C)c1ccc(Br)cc1F. The number of ether oxygens (including phenoxy) is 1. The van der Waals surface area contributed by atoms with Crippen molar-refractivity contribution in [2.75, 3.05) is 7.11 Å². The first-order valence-corrected chi connectivity index (χ1v) is 6.03. The van der Waals surface area contributed by atoms with Crippen LogP contribution in [-0.2, 0) is 9.53 Å². The van der Waals surface area contributed by atoms with Crippen LogP contribution in [0.25, 0.3) is 0 Å². The van der Waals surface area contributed by atoms with Crippen LogP contribution in [0.4, 0.5) is 4.39 Å². The van der Waals surface area contributed by atoms with Crippen LogP contribution in [0.5, 0.6) is 0 Å². The molecule has 0 heterocycles. The highest BCUT2D eigenvalue weighted by molar-refractivity contribution is 9.10. The minimum Gasteiger partial charge on any atom is -0.468 e. The van der Waals surface area contributed by atoms with E-state index in [0.717, 1.165) is 0 Å². The summed E-state index contributed by atoms with van der Waals surface area (Å²) in [6.07, 6.45) is 0. The number of halogens is 2. The van der Waals surface area contributed by atoms with Gasteiger partial charge in [0.2, 0.25) is 0 Å². The standard InChI is InChI=1S/C12H15BrFNO2/c1-7(2)15-11(12(16)17-3)9-5-4-8(13)6-10(9)14/h4-7,11,15H,1-3H3. The van der Waals surface area contributed by atoms with Gasteiger partial charge in [0.25, 0.3) is 0 Å². The summed E-state index contributed by atoms with van der Waals surface area (Å²) in [5.74, 6) is -0.942. The molecule has 0 aliphatic heterocycles. The van der Waals surface area contributed by atoms with Gasteiger partial charge in [-0.25, -0.2) is 9.18 Å². The molecule has 0 saturated heterocycles. The van der Waals surface area contributed by atoms with Crippen molar-refractivity contribution in [3.63, 3.8) is 0 Å². The van der Waals surface area contributed by atoms with E-state index < -0.39 is 17.8 Å². The van der Waals surface area contributed by atoms with Crippen LogP contribution >= 0.6 is 15.9 Å². The molecule has 1 aromatic rings. The van der Waals surface area contributed by atoms with E-state index in [9.17, 15) is 9.18 Å². The molecule has 0 fully saturated rings. The molecule has 3 nitrogen and oxygen atoms in total. The number of nitrogens with one attached hydrogen (secondary N) is 1. The fraction of sp³-hybridized carbons (Fsp3) is 0.417. The van der Waals surface area contributed by atoms with Gasteiger partial charge in [-0.15, -0.1) is 0 Å². The maximum Gasteiger partial charge on any atom is 0.327 e. The molecule has 1 aromatic carbocycles. The topological polar surface area (TPSA) is 38.3 Å². The average Bonchev–Trinajstić information content (AvgIpc) is 2.25. The zero-order valence-corrected chi connectivity index (χ0v) is 11.5.